The molecule has 0 saturated carbocycles. The molecule has 0 N–H and O–H groups in total. The molecule has 2 aromatic rings. The van der Waals surface area contributed by atoms with E-state index in [1.54, 1.807) is 0 Å². The van der Waals surface area contributed by atoms with Crippen molar-refractivity contribution in [2.24, 2.45) is 0 Å². The summed E-state index contributed by atoms with van der Waals surface area (Å²) in [5, 5.41) is 0. The Bertz CT molecular complexity index is 575. The molecule has 0 amide bonds. The lowest BCUT2D eigenvalue weighted by atomic mass is 10.3. The number of allylic oxidation sites excluding steroid dienone is 1. The number of nitrogens with zero attached hydrogens (tertiary/aromatic N) is 2. The summed E-state index contributed by atoms with van der Waals surface area (Å²) < 4.78 is 7.89. The average Bonchev–Trinajstić information content (AvgIpc) is 2.67. The molecule has 0 aliphatic carbocycles. The van der Waals surface area contributed by atoms with Crippen molar-refractivity contribution in [1.29, 1.82) is 0 Å². The van der Waals surface area contributed by atoms with E-state index in [9.17, 15) is 0 Å². The fourth-order valence-electron chi connectivity index (χ4n) is 2.13. The number of thiol groups is 1. The Balaban J connectivity index is 2.45. The smallest absolute Gasteiger partial charge is 0.121 e. The minimum Gasteiger partial charge on any atom is -0.491 e. The summed E-state index contributed by atoms with van der Waals surface area (Å²) in [5.41, 5.74) is 2.09. The Kier molecular flexibility index (Phi) is 4.53. The molecule has 0 bridgehead atoms. The number of aromatic nitrogens is 2. The predicted octanol–water partition coefficient (Wildman–Crippen LogP) is 3.48. The molecule has 0 aliphatic heterocycles. The van der Waals surface area contributed by atoms with E-state index in [0.717, 1.165) is 41.3 Å². The van der Waals surface area contributed by atoms with E-state index in [1.165, 1.54) is 0 Å². The maximum atomic E-state index is 5.71. The molecule has 102 valence electrons. The van der Waals surface area contributed by atoms with Gasteiger partial charge in [-0.1, -0.05) is 6.08 Å². The van der Waals surface area contributed by atoms with Crippen LogP contribution in [0.4, 0.5) is 0 Å². The normalized spacial score (nSPS) is 11.2. The van der Waals surface area contributed by atoms with E-state index in [2.05, 4.69) is 34.8 Å². The number of hydrogen-bond acceptors (Lipinski definition) is 3. The lowest BCUT2D eigenvalue weighted by Crippen LogP contribution is -2.05. The third-order valence-electron chi connectivity index (χ3n) is 2.82. The van der Waals surface area contributed by atoms with Crippen molar-refractivity contribution in [1.82, 2.24) is 9.55 Å². The number of fused-ring (bicyclic) bond motifs is 1. The second-order valence-electron chi connectivity index (χ2n) is 4.72. The van der Waals surface area contributed by atoms with E-state index in [0.29, 0.717) is 0 Å². The maximum absolute atomic E-state index is 5.71. The largest absolute Gasteiger partial charge is 0.491 e. The zero-order chi connectivity index (χ0) is 13.8. The zero-order valence-corrected chi connectivity index (χ0v) is 12.4. The second kappa shape index (κ2) is 6.15. The van der Waals surface area contributed by atoms with Gasteiger partial charge < -0.3 is 9.30 Å². The lowest BCUT2D eigenvalue weighted by molar-refractivity contribution is 0.242. The predicted molar refractivity (Wildman–Crippen MR) is 83.3 cm³/mol. The molecular weight excluding hydrogens is 256 g/mol. The molecular formula is C15H20N2OS. The molecule has 4 heteroatoms. The van der Waals surface area contributed by atoms with Gasteiger partial charge in [-0.3, -0.25) is 0 Å². The summed E-state index contributed by atoms with van der Waals surface area (Å²) in [5.74, 6) is 2.70. The molecule has 0 fully saturated rings. The Morgan fingerprint density at radius 2 is 2.26 bits per heavy atom. The van der Waals surface area contributed by atoms with Gasteiger partial charge in [0, 0.05) is 19.0 Å². The first-order valence-electron chi connectivity index (χ1n) is 6.53. The first-order valence-corrected chi connectivity index (χ1v) is 7.16. The van der Waals surface area contributed by atoms with Gasteiger partial charge in [0.2, 0.25) is 0 Å². The first kappa shape index (κ1) is 14.0. The summed E-state index contributed by atoms with van der Waals surface area (Å²) in [7, 11) is 0. The Labute approximate surface area is 119 Å². The van der Waals surface area contributed by atoms with Crippen LogP contribution in [0.2, 0.25) is 0 Å². The molecule has 0 spiro atoms. The fourth-order valence-corrected chi connectivity index (χ4v) is 2.33. The van der Waals surface area contributed by atoms with Gasteiger partial charge in [0.05, 0.1) is 17.1 Å². The Morgan fingerprint density at radius 3 is 2.89 bits per heavy atom. The average molecular weight is 276 g/mol. The van der Waals surface area contributed by atoms with E-state index in [1.807, 2.05) is 32.1 Å². The fraction of sp³-hybridized carbons (Fsp3) is 0.400. The second-order valence-corrected chi connectivity index (χ2v) is 5.17. The van der Waals surface area contributed by atoms with Gasteiger partial charge in [0.25, 0.3) is 0 Å². The summed E-state index contributed by atoms with van der Waals surface area (Å²) in [6.07, 6.45) is 2.91. The van der Waals surface area contributed by atoms with Crippen LogP contribution in [0.3, 0.4) is 0 Å². The van der Waals surface area contributed by atoms with Gasteiger partial charge in [-0.05, 0) is 31.7 Å². The SMILES string of the molecule is C=CCn1c(CCS)nc2cc(OC(C)C)ccc21. The maximum Gasteiger partial charge on any atom is 0.121 e. The van der Waals surface area contributed by atoms with Crippen LogP contribution in [0, 0.1) is 0 Å². The van der Waals surface area contributed by atoms with Crippen molar-refractivity contribution in [3.63, 3.8) is 0 Å². The number of imidazole rings is 1. The van der Waals surface area contributed by atoms with Crippen LogP contribution in [-0.2, 0) is 13.0 Å². The highest BCUT2D eigenvalue weighted by atomic mass is 32.1. The third kappa shape index (κ3) is 3.13. The molecule has 0 saturated heterocycles. The van der Waals surface area contributed by atoms with Crippen molar-refractivity contribution in [2.45, 2.75) is 32.9 Å². The number of aryl methyl sites for hydroxylation is 1. The molecule has 2 rings (SSSR count). The van der Waals surface area contributed by atoms with Gasteiger partial charge in [0.15, 0.2) is 0 Å². The van der Waals surface area contributed by atoms with Crippen LogP contribution >= 0.6 is 12.6 Å². The van der Waals surface area contributed by atoms with E-state index >= 15 is 0 Å². The summed E-state index contributed by atoms with van der Waals surface area (Å²) in [6, 6.07) is 6.05. The Morgan fingerprint density at radius 1 is 1.47 bits per heavy atom. The number of benzene rings is 1. The summed E-state index contributed by atoms with van der Waals surface area (Å²) in [6.45, 7) is 8.62. The van der Waals surface area contributed by atoms with E-state index in [-0.39, 0.29) is 6.10 Å². The minimum absolute atomic E-state index is 0.171. The first-order chi connectivity index (χ1) is 9.15. The van der Waals surface area contributed by atoms with Gasteiger partial charge >= 0.3 is 0 Å². The lowest BCUT2D eigenvalue weighted by Gasteiger charge is -2.09. The molecule has 0 atom stereocenters. The van der Waals surface area contributed by atoms with Crippen molar-refractivity contribution < 1.29 is 4.74 Å². The summed E-state index contributed by atoms with van der Waals surface area (Å²) >= 11 is 4.29. The number of ether oxygens (including phenoxy) is 1. The van der Waals surface area contributed by atoms with Crippen molar-refractivity contribution in [2.75, 3.05) is 5.75 Å². The highest BCUT2D eigenvalue weighted by Crippen LogP contribution is 2.23. The Hall–Kier alpha value is -1.42. The van der Waals surface area contributed by atoms with E-state index in [4.69, 9.17) is 4.74 Å². The van der Waals surface area contributed by atoms with Gasteiger partial charge in [-0.2, -0.15) is 12.6 Å². The monoisotopic (exact) mass is 276 g/mol. The number of rotatable bonds is 6. The molecule has 0 aliphatic rings. The minimum atomic E-state index is 0.171. The molecule has 1 heterocycles. The van der Waals surface area contributed by atoms with Gasteiger partial charge in [-0.15, -0.1) is 6.58 Å². The van der Waals surface area contributed by atoms with Crippen molar-refractivity contribution in [3.8, 4) is 5.75 Å². The van der Waals surface area contributed by atoms with Crippen molar-refractivity contribution in [3.05, 3.63) is 36.7 Å². The zero-order valence-electron chi connectivity index (χ0n) is 11.5. The molecule has 1 aromatic heterocycles. The highest BCUT2D eigenvalue weighted by Gasteiger charge is 2.10. The van der Waals surface area contributed by atoms with Gasteiger partial charge in [0.1, 0.15) is 11.6 Å². The third-order valence-corrected chi connectivity index (χ3v) is 3.04. The standard InChI is InChI=1S/C15H20N2OS/c1-4-8-17-14-6-5-12(18-11(2)3)10-13(14)16-15(17)7-9-19/h4-6,10-11,19H,1,7-9H2,2-3H3. The molecule has 0 radical (unpaired) electrons. The number of hydrogen-bond donors (Lipinski definition) is 1. The van der Waals surface area contributed by atoms with Crippen LogP contribution in [0.5, 0.6) is 5.75 Å². The quantitative estimate of drug-likeness (QED) is 0.646. The summed E-state index contributed by atoms with van der Waals surface area (Å²) in [4.78, 5) is 4.68. The molecule has 3 nitrogen and oxygen atoms in total. The van der Waals surface area contributed by atoms with Crippen LogP contribution in [0.1, 0.15) is 19.7 Å². The van der Waals surface area contributed by atoms with Crippen LogP contribution < -0.4 is 4.74 Å². The topological polar surface area (TPSA) is 27.1 Å². The van der Waals surface area contributed by atoms with E-state index < -0.39 is 0 Å². The van der Waals surface area contributed by atoms with Crippen LogP contribution in [0.15, 0.2) is 30.9 Å². The van der Waals surface area contributed by atoms with Crippen LogP contribution in [-0.4, -0.2) is 21.4 Å². The van der Waals surface area contributed by atoms with Crippen molar-refractivity contribution >= 4 is 23.7 Å². The molecule has 0 unspecified atom stereocenters. The van der Waals surface area contributed by atoms with Gasteiger partial charge in [-0.25, -0.2) is 4.98 Å². The highest BCUT2D eigenvalue weighted by molar-refractivity contribution is 7.80. The molecule has 1 aromatic carbocycles. The molecule has 19 heavy (non-hydrogen) atoms. The van der Waals surface area contributed by atoms with Crippen LogP contribution in [0.25, 0.3) is 11.0 Å².